The maximum absolute atomic E-state index is 12.0. The van der Waals surface area contributed by atoms with Crippen molar-refractivity contribution in [1.82, 2.24) is 5.32 Å². The van der Waals surface area contributed by atoms with Crippen LogP contribution < -0.4 is 5.32 Å². The number of rotatable bonds is 15. The molecule has 0 atom stereocenters. The molecule has 0 bridgehead atoms. The molecule has 0 heterocycles. The Morgan fingerprint density at radius 3 is 2.00 bits per heavy atom. The number of carbonyl (C=O) groups is 2. The average molecular weight is 396 g/mol. The lowest BCUT2D eigenvalue weighted by Gasteiger charge is -2.28. The van der Waals surface area contributed by atoms with Crippen LogP contribution in [-0.2, 0) is 13.3 Å². The molecule has 0 fully saturated rings. The summed E-state index contributed by atoms with van der Waals surface area (Å²) in [5.41, 5.74) is 1.14. The Balaban J connectivity index is 2.24. The Kier molecular flexibility index (Phi) is 11.8. The fourth-order valence-electron chi connectivity index (χ4n) is 2.84. The molecule has 7 heteroatoms. The third-order valence-corrected chi connectivity index (χ3v) is 7.25. The largest absolute Gasteiger partial charge is 0.500 e. The number of carbonyl (C=O) groups excluding carboxylic acids is 2. The quantitative estimate of drug-likeness (QED) is 0.277. The molecule has 1 aromatic carbocycles. The molecule has 0 aliphatic carbocycles. The molecule has 0 spiro atoms. The average Bonchev–Trinajstić information content (AvgIpc) is 2.68. The summed E-state index contributed by atoms with van der Waals surface area (Å²) >= 11 is 0. The Morgan fingerprint density at radius 2 is 1.48 bits per heavy atom. The van der Waals surface area contributed by atoms with Crippen molar-refractivity contribution in [2.75, 3.05) is 26.4 Å². The number of hydrogen-bond donors (Lipinski definition) is 1. The molecule has 0 aliphatic heterocycles. The van der Waals surface area contributed by atoms with Gasteiger partial charge in [-0.1, -0.05) is 25.0 Å². The molecule has 0 saturated heterocycles. The molecule has 152 valence electrons. The number of hydrogen-bond acceptors (Lipinski definition) is 5. The monoisotopic (exact) mass is 395 g/mol. The van der Waals surface area contributed by atoms with Crippen molar-refractivity contribution in [3.05, 3.63) is 35.4 Å². The van der Waals surface area contributed by atoms with Crippen LogP contribution >= 0.6 is 0 Å². The minimum atomic E-state index is -2.53. The lowest BCUT2D eigenvalue weighted by Crippen LogP contribution is -2.45. The normalized spacial score (nSPS) is 11.4. The predicted octanol–water partition coefficient (Wildman–Crippen LogP) is 3.84. The molecule has 0 radical (unpaired) electrons. The Bertz CT molecular complexity index is 533. The third-order valence-electron chi connectivity index (χ3n) is 4.10. The standard InChI is InChI=1S/C20H33NO5Si/c1-4-24-27(25-5-2,26-6-3)16-10-8-7-9-15-21-20(23)19-13-11-18(17-22)12-14-19/h11-14,17H,4-10,15-16H2,1-3H3,(H,21,23). The zero-order valence-electron chi connectivity index (χ0n) is 16.8. The zero-order valence-corrected chi connectivity index (χ0v) is 17.8. The first-order valence-corrected chi connectivity index (χ1v) is 11.8. The van der Waals surface area contributed by atoms with Crippen LogP contribution in [0, 0.1) is 0 Å². The second-order valence-electron chi connectivity index (χ2n) is 6.14. The van der Waals surface area contributed by atoms with Crippen LogP contribution in [0.3, 0.4) is 0 Å². The first-order chi connectivity index (χ1) is 13.1. The maximum Gasteiger partial charge on any atom is 0.500 e. The Morgan fingerprint density at radius 1 is 0.926 bits per heavy atom. The summed E-state index contributed by atoms with van der Waals surface area (Å²) in [7, 11) is -2.53. The van der Waals surface area contributed by atoms with Crippen molar-refractivity contribution < 1.29 is 22.9 Å². The second kappa shape index (κ2) is 13.6. The molecule has 0 saturated carbocycles. The summed E-state index contributed by atoms with van der Waals surface area (Å²) in [5.74, 6) is -0.108. The van der Waals surface area contributed by atoms with Gasteiger partial charge in [0.05, 0.1) is 0 Å². The van der Waals surface area contributed by atoms with E-state index in [1.54, 1.807) is 24.3 Å². The van der Waals surface area contributed by atoms with Crippen LogP contribution in [0.1, 0.15) is 67.2 Å². The summed E-state index contributed by atoms with van der Waals surface area (Å²) in [5, 5.41) is 2.91. The summed E-state index contributed by atoms with van der Waals surface area (Å²) in [4.78, 5) is 22.7. The van der Waals surface area contributed by atoms with Crippen LogP contribution in [0.4, 0.5) is 0 Å². The van der Waals surface area contributed by atoms with Crippen molar-refractivity contribution in [3.63, 3.8) is 0 Å². The van der Waals surface area contributed by atoms with Gasteiger partial charge in [0.25, 0.3) is 5.91 Å². The van der Waals surface area contributed by atoms with Crippen LogP contribution in [0.5, 0.6) is 0 Å². The van der Waals surface area contributed by atoms with Crippen molar-refractivity contribution in [1.29, 1.82) is 0 Å². The Hall–Kier alpha value is -1.54. The van der Waals surface area contributed by atoms with E-state index in [-0.39, 0.29) is 5.91 Å². The number of amides is 1. The predicted molar refractivity (Wildman–Crippen MR) is 108 cm³/mol. The highest BCUT2D eigenvalue weighted by Gasteiger charge is 2.39. The fraction of sp³-hybridized carbons (Fsp3) is 0.600. The first kappa shape index (κ1) is 23.5. The van der Waals surface area contributed by atoms with E-state index in [2.05, 4.69) is 5.32 Å². The van der Waals surface area contributed by atoms with Crippen molar-refractivity contribution >= 4 is 21.0 Å². The van der Waals surface area contributed by atoms with Gasteiger partial charge in [-0.05, 0) is 45.7 Å². The van der Waals surface area contributed by atoms with Gasteiger partial charge in [0, 0.05) is 43.5 Å². The maximum atomic E-state index is 12.0. The van der Waals surface area contributed by atoms with Crippen molar-refractivity contribution in [2.24, 2.45) is 0 Å². The van der Waals surface area contributed by atoms with Gasteiger partial charge >= 0.3 is 8.80 Å². The van der Waals surface area contributed by atoms with E-state index in [9.17, 15) is 9.59 Å². The van der Waals surface area contributed by atoms with Crippen LogP contribution in [0.25, 0.3) is 0 Å². The molecule has 27 heavy (non-hydrogen) atoms. The smallest absolute Gasteiger partial charge is 0.374 e. The lowest BCUT2D eigenvalue weighted by molar-refractivity contribution is 0.0706. The molecule has 6 nitrogen and oxygen atoms in total. The van der Waals surface area contributed by atoms with Gasteiger partial charge in [0.2, 0.25) is 0 Å². The van der Waals surface area contributed by atoms with Gasteiger partial charge in [-0.2, -0.15) is 0 Å². The van der Waals surface area contributed by atoms with Gasteiger partial charge in [-0.25, -0.2) is 0 Å². The number of unbranched alkanes of at least 4 members (excludes halogenated alkanes) is 3. The number of aldehydes is 1. The zero-order chi connectivity index (χ0) is 20.0. The summed E-state index contributed by atoms with van der Waals surface area (Å²) < 4.78 is 17.6. The lowest BCUT2D eigenvalue weighted by atomic mass is 10.1. The van der Waals surface area contributed by atoms with E-state index >= 15 is 0 Å². The highest BCUT2D eigenvalue weighted by Crippen LogP contribution is 2.20. The Labute approximate surface area is 164 Å². The van der Waals surface area contributed by atoms with Crippen LogP contribution in [-0.4, -0.2) is 47.4 Å². The van der Waals surface area contributed by atoms with E-state index in [4.69, 9.17) is 13.3 Å². The van der Waals surface area contributed by atoms with Crippen LogP contribution in [0.2, 0.25) is 6.04 Å². The highest BCUT2D eigenvalue weighted by molar-refractivity contribution is 6.60. The minimum absolute atomic E-state index is 0.108. The SMILES string of the molecule is CCO[Si](CCCCCCNC(=O)c1ccc(C=O)cc1)(OCC)OCC. The molecular weight excluding hydrogens is 362 g/mol. The molecule has 1 aromatic rings. The molecule has 1 N–H and O–H groups in total. The van der Waals surface area contributed by atoms with Gasteiger partial charge < -0.3 is 18.6 Å². The minimum Gasteiger partial charge on any atom is -0.374 e. The van der Waals surface area contributed by atoms with Crippen molar-refractivity contribution in [3.8, 4) is 0 Å². The third kappa shape index (κ3) is 8.79. The van der Waals surface area contributed by atoms with Crippen LogP contribution in [0.15, 0.2) is 24.3 Å². The van der Waals surface area contributed by atoms with Gasteiger partial charge in [0.15, 0.2) is 0 Å². The van der Waals surface area contributed by atoms with E-state index < -0.39 is 8.80 Å². The topological polar surface area (TPSA) is 73.9 Å². The molecule has 0 unspecified atom stereocenters. The molecule has 0 aromatic heterocycles. The number of benzene rings is 1. The van der Waals surface area contributed by atoms with E-state index in [0.29, 0.717) is 37.5 Å². The van der Waals surface area contributed by atoms with E-state index in [1.807, 2.05) is 20.8 Å². The molecule has 0 aliphatic rings. The summed E-state index contributed by atoms with van der Waals surface area (Å²) in [6.45, 7) is 8.35. The summed E-state index contributed by atoms with van der Waals surface area (Å²) in [6, 6.07) is 7.45. The van der Waals surface area contributed by atoms with Crippen molar-refractivity contribution in [2.45, 2.75) is 52.5 Å². The van der Waals surface area contributed by atoms with E-state index in [1.165, 1.54) is 0 Å². The molecular formula is C20H33NO5Si. The summed E-state index contributed by atoms with van der Waals surface area (Å²) in [6.07, 6.45) is 4.75. The van der Waals surface area contributed by atoms with Gasteiger partial charge in [-0.15, -0.1) is 0 Å². The highest BCUT2D eigenvalue weighted by atomic mass is 28.4. The van der Waals surface area contributed by atoms with Gasteiger partial charge in [0.1, 0.15) is 6.29 Å². The second-order valence-corrected chi connectivity index (χ2v) is 8.87. The first-order valence-electron chi connectivity index (χ1n) is 9.86. The fourth-order valence-corrected chi connectivity index (χ4v) is 5.52. The molecule has 1 rings (SSSR count). The molecule has 1 amide bonds. The van der Waals surface area contributed by atoms with Gasteiger partial charge in [-0.3, -0.25) is 9.59 Å². The van der Waals surface area contributed by atoms with E-state index in [0.717, 1.165) is 38.0 Å². The number of nitrogens with one attached hydrogen (secondary N) is 1.